The number of allylic oxidation sites excluding steroid dienone is 2. The average molecular weight is 445 g/mol. The van der Waals surface area contributed by atoms with Gasteiger partial charge in [0.25, 0.3) is 5.91 Å². The Bertz CT molecular complexity index is 1090. The van der Waals surface area contributed by atoms with Crippen molar-refractivity contribution in [3.63, 3.8) is 0 Å². The maximum atomic E-state index is 12.9. The number of carbonyl (C=O) groups is 1. The van der Waals surface area contributed by atoms with Crippen LogP contribution in [0.4, 0.5) is 13.2 Å². The maximum absolute atomic E-state index is 12.9. The lowest BCUT2D eigenvalue weighted by atomic mass is 9.85. The number of pyridine rings is 1. The summed E-state index contributed by atoms with van der Waals surface area (Å²) in [5, 5.41) is 3.56. The van der Waals surface area contributed by atoms with Crippen LogP contribution in [-0.4, -0.2) is 22.1 Å². The van der Waals surface area contributed by atoms with Gasteiger partial charge in [-0.1, -0.05) is 38.1 Å². The molecule has 0 bridgehead atoms. The van der Waals surface area contributed by atoms with Crippen molar-refractivity contribution in [2.45, 2.75) is 52.3 Å². The molecule has 1 N–H and O–H groups in total. The molecule has 1 amide bonds. The molecule has 4 rings (SSSR count). The molecule has 2 aromatic heterocycles. The topological polar surface area (TPSA) is 68.0 Å². The molecule has 32 heavy (non-hydrogen) atoms. The average Bonchev–Trinajstić information content (AvgIpc) is 3.34. The molecule has 0 saturated carbocycles. The maximum Gasteiger partial charge on any atom is 0.392 e. The van der Waals surface area contributed by atoms with E-state index in [1.807, 2.05) is 32.0 Å². The van der Waals surface area contributed by atoms with E-state index in [1.165, 1.54) is 18.7 Å². The van der Waals surface area contributed by atoms with Gasteiger partial charge in [0.05, 0.1) is 23.2 Å². The van der Waals surface area contributed by atoms with Crippen LogP contribution < -0.4 is 5.32 Å². The van der Waals surface area contributed by atoms with Gasteiger partial charge in [0.1, 0.15) is 12.3 Å². The summed E-state index contributed by atoms with van der Waals surface area (Å²) in [6, 6.07) is 6.85. The molecule has 5 nitrogen and oxygen atoms in total. The third-order valence-corrected chi connectivity index (χ3v) is 5.36. The van der Waals surface area contributed by atoms with E-state index in [-0.39, 0.29) is 18.7 Å². The van der Waals surface area contributed by atoms with Gasteiger partial charge in [0, 0.05) is 17.1 Å². The molecule has 170 valence electrons. The summed E-state index contributed by atoms with van der Waals surface area (Å²) in [4.78, 5) is 21.0. The molecule has 0 aliphatic heterocycles. The normalized spacial score (nSPS) is 17.2. The fourth-order valence-corrected chi connectivity index (χ4v) is 3.71. The zero-order valence-electron chi connectivity index (χ0n) is 18.2. The summed E-state index contributed by atoms with van der Waals surface area (Å²) in [5.74, 6) is -1.20. The van der Waals surface area contributed by atoms with Gasteiger partial charge in [-0.15, -0.1) is 0 Å². The number of fused-ring (bicyclic) bond motifs is 1. The number of hydrogen-bond acceptors (Lipinski definition) is 4. The number of nitrogens with one attached hydrogen (secondary N) is 1. The second kappa shape index (κ2) is 9.97. The van der Waals surface area contributed by atoms with E-state index in [1.54, 1.807) is 19.1 Å². The Morgan fingerprint density at radius 1 is 1.25 bits per heavy atom. The van der Waals surface area contributed by atoms with Crippen molar-refractivity contribution in [2.75, 3.05) is 0 Å². The summed E-state index contributed by atoms with van der Waals surface area (Å²) >= 11 is 0. The third-order valence-electron chi connectivity index (χ3n) is 5.36. The van der Waals surface area contributed by atoms with Crippen LogP contribution in [0.15, 0.2) is 53.4 Å². The van der Waals surface area contributed by atoms with Crippen LogP contribution in [-0.2, 0) is 0 Å². The monoisotopic (exact) mass is 445 g/mol. The first-order valence-corrected chi connectivity index (χ1v) is 10.7. The molecule has 8 heteroatoms. The molecule has 1 aromatic carbocycles. The highest BCUT2D eigenvalue weighted by atomic mass is 19.4. The number of amides is 1. The minimum Gasteiger partial charge on any atom is -0.447 e. The first kappa shape index (κ1) is 23.5. The Kier molecular flexibility index (Phi) is 7.33. The Morgan fingerprint density at radius 3 is 2.66 bits per heavy atom. The highest BCUT2D eigenvalue weighted by Gasteiger charge is 2.39. The number of oxazole rings is 1. The van der Waals surface area contributed by atoms with Gasteiger partial charge >= 0.3 is 6.18 Å². The highest BCUT2D eigenvalue weighted by Crippen LogP contribution is 2.40. The van der Waals surface area contributed by atoms with Gasteiger partial charge in [-0.2, -0.15) is 13.2 Å². The van der Waals surface area contributed by atoms with Crippen LogP contribution in [0.1, 0.15) is 67.9 Å². The third kappa shape index (κ3) is 5.18. The second-order valence-corrected chi connectivity index (χ2v) is 7.41. The molecule has 0 fully saturated rings. The van der Waals surface area contributed by atoms with Crippen molar-refractivity contribution >= 4 is 22.4 Å². The lowest BCUT2D eigenvalue weighted by Gasteiger charge is -2.24. The smallest absolute Gasteiger partial charge is 0.392 e. The van der Waals surface area contributed by atoms with Gasteiger partial charge < -0.3 is 9.73 Å². The predicted molar refractivity (Wildman–Crippen MR) is 117 cm³/mol. The Labute approximate surface area is 184 Å². The van der Waals surface area contributed by atoms with Crippen LogP contribution in [0.25, 0.3) is 16.5 Å². The molecule has 2 heterocycles. The Hall–Kier alpha value is -3.16. The zero-order chi connectivity index (χ0) is 23.3. The summed E-state index contributed by atoms with van der Waals surface area (Å²) < 4.78 is 44.0. The van der Waals surface area contributed by atoms with E-state index >= 15 is 0 Å². The summed E-state index contributed by atoms with van der Waals surface area (Å²) in [6.45, 7) is 5.76. The molecule has 1 aliphatic carbocycles. The van der Waals surface area contributed by atoms with Crippen LogP contribution in [0.5, 0.6) is 0 Å². The summed E-state index contributed by atoms with van der Waals surface area (Å²) in [7, 11) is 0. The minimum absolute atomic E-state index is 0.0194. The first-order valence-electron chi connectivity index (χ1n) is 10.7. The standard InChI is InChI=1S/C22H20F3N3O2.C2H6/c1-13(21-26-9-10-30-21)28-20(29)16-11-15-3-2-4-18(19(15)27-12-16)14-5-7-17(8-6-14)22(23,24)25;1-2/h2-5,9-13,17H,6-8H2,1H3,(H,28,29);1-2H3. The molecule has 0 spiro atoms. The molecule has 1 aliphatic rings. The second-order valence-electron chi connectivity index (χ2n) is 7.41. The van der Waals surface area contributed by atoms with Crippen molar-refractivity contribution in [1.82, 2.24) is 15.3 Å². The van der Waals surface area contributed by atoms with Crippen molar-refractivity contribution in [2.24, 2.45) is 5.92 Å². The number of benzene rings is 1. The first-order chi connectivity index (χ1) is 15.3. The van der Waals surface area contributed by atoms with E-state index < -0.39 is 18.1 Å². The number of hydrogen-bond donors (Lipinski definition) is 1. The van der Waals surface area contributed by atoms with E-state index in [0.717, 1.165) is 16.5 Å². The van der Waals surface area contributed by atoms with E-state index in [9.17, 15) is 18.0 Å². The molecule has 0 radical (unpaired) electrons. The van der Waals surface area contributed by atoms with E-state index in [0.29, 0.717) is 23.4 Å². The molecule has 0 saturated heterocycles. The quantitative estimate of drug-likeness (QED) is 0.499. The summed E-state index contributed by atoms with van der Waals surface area (Å²) in [6.07, 6.45) is 2.33. The van der Waals surface area contributed by atoms with Crippen molar-refractivity contribution in [1.29, 1.82) is 0 Å². The predicted octanol–water partition coefficient (Wildman–Crippen LogP) is 6.49. The highest BCUT2D eigenvalue weighted by molar-refractivity contribution is 5.99. The Morgan fingerprint density at radius 2 is 2.03 bits per heavy atom. The van der Waals surface area contributed by atoms with Gasteiger partial charge in [-0.05, 0) is 37.8 Å². The number of para-hydroxylation sites is 1. The molecule has 3 aromatic rings. The fraction of sp³-hybridized carbons (Fsp3) is 0.375. The van der Waals surface area contributed by atoms with Gasteiger partial charge in [0.15, 0.2) is 0 Å². The summed E-state index contributed by atoms with van der Waals surface area (Å²) in [5.41, 5.74) is 2.73. The van der Waals surface area contributed by atoms with Crippen molar-refractivity contribution in [3.8, 4) is 0 Å². The molecule has 2 atom stereocenters. The SMILES string of the molecule is CC.CC(NC(=O)c1cnc2c(C3=CCC(C(F)(F)F)CC3)cccc2c1)c1ncco1. The van der Waals surface area contributed by atoms with Gasteiger partial charge in [-0.25, -0.2) is 4.98 Å². The number of alkyl halides is 3. The van der Waals surface area contributed by atoms with Crippen LogP contribution in [0.2, 0.25) is 0 Å². The molecular formula is C24H26F3N3O2. The number of rotatable bonds is 4. The number of nitrogens with zero attached hydrogens (tertiary/aromatic N) is 2. The van der Waals surface area contributed by atoms with Gasteiger partial charge in [-0.3, -0.25) is 9.78 Å². The number of carbonyl (C=O) groups excluding carboxylic acids is 1. The lowest BCUT2D eigenvalue weighted by molar-refractivity contribution is -0.175. The van der Waals surface area contributed by atoms with Gasteiger partial charge in [0.2, 0.25) is 5.89 Å². The van der Waals surface area contributed by atoms with Crippen molar-refractivity contribution < 1.29 is 22.4 Å². The largest absolute Gasteiger partial charge is 0.447 e. The van der Waals surface area contributed by atoms with Crippen LogP contribution in [0, 0.1) is 5.92 Å². The fourth-order valence-electron chi connectivity index (χ4n) is 3.71. The van der Waals surface area contributed by atoms with Crippen molar-refractivity contribution in [3.05, 3.63) is 66.0 Å². The molecule has 2 unspecified atom stereocenters. The lowest BCUT2D eigenvalue weighted by Crippen LogP contribution is -2.27. The van der Waals surface area contributed by atoms with E-state index in [4.69, 9.17) is 4.42 Å². The zero-order valence-corrected chi connectivity index (χ0v) is 18.2. The van der Waals surface area contributed by atoms with Crippen LogP contribution in [0.3, 0.4) is 0 Å². The number of aromatic nitrogens is 2. The molecular weight excluding hydrogens is 419 g/mol. The minimum atomic E-state index is -4.16. The number of halogens is 3. The van der Waals surface area contributed by atoms with Crippen LogP contribution >= 0.6 is 0 Å². The van der Waals surface area contributed by atoms with E-state index in [2.05, 4.69) is 15.3 Å². The Balaban J connectivity index is 0.00000141.